The molecule has 22 heavy (non-hydrogen) atoms. The van der Waals surface area contributed by atoms with E-state index in [0.29, 0.717) is 11.8 Å². The third-order valence-electron chi connectivity index (χ3n) is 3.17. The van der Waals surface area contributed by atoms with E-state index in [-0.39, 0.29) is 11.1 Å². The summed E-state index contributed by atoms with van der Waals surface area (Å²) >= 11 is 0. The standard InChI is InChI=1S/C14H11F4NO3/c1-6-7(2)19-9-5-4-8(15)11(14(16,17)18)10(9)12(6)22-13(20)21-3/h4-5H,1-3H3. The van der Waals surface area contributed by atoms with Gasteiger partial charge in [0.2, 0.25) is 0 Å². The minimum absolute atomic E-state index is 0.129. The summed E-state index contributed by atoms with van der Waals surface area (Å²) in [4.78, 5) is 15.3. The van der Waals surface area contributed by atoms with Gasteiger partial charge >= 0.3 is 12.3 Å². The van der Waals surface area contributed by atoms with Crippen molar-refractivity contribution >= 4 is 17.1 Å². The topological polar surface area (TPSA) is 48.4 Å². The maximum Gasteiger partial charge on any atom is 0.513 e. The minimum Gasteiger partial charge on any atom is -0.437 e. The first-order chi connectivity index (χ1) is 10.2. The molecule has 0 bridgehead atoms. The van der Waals surface area contributed by atoms with E-state index in [2.05, 4.69) is 9.72 Å². The van der Waals surface area contributed by atoms with Crippen LogP contribution in [0.15, 0.2) is 12.1 Å². The average molecular weight is 317 g/mol. The van der Waals surface area contributed by atoms with Crippen molar-refractivity contribution in [1.82, 2.24) is 4.98 Å². The summed E-state index contributed by atoms with van der Waals surface area (Å²) in [6.45, 7) is 2.96. The van der Waals surface area contributed by atoms with E-state index in [1.807, 2.05) is 0 Å². The Hall–Kier alpha value is -2.38. The molecule has 2 aromatic rings. The smallest absolute Gasteiger partial charge is 0.437 e. The maximum atomic E-state index is 13.7. The van der Waals surface area contributed by atoms with Gasteiger partial charge in [-0.1, -0.05) is 0 Å². The van der Waals surface area contributed by atoms with Gasteiger partial charge in [0.25, 0.3) is 0 Å². The monoisotopic (exact) mass is 317 g/mol. The number of carbonyl (C=O) groups is 1. The SMILES string of the molecule is COC(=O)Oc1c(C)c(C)nc2ccc(F)c(C(F)(F)F)c12. The molecule has 0 saturated heterocycles. The second-order valence-electron chi connectivity index (χ2n) is 4.52. The van der Waals surface area contributed by atoms with Crippen LogP contribution in [-0.2, 0) is 10.9 Å². The van der Waals surface area contributed by atoms with Gasteiger partial charge in [-0.15, -0.1) is 0 Å². The zero-order valence-electron chi connectivity index (χ0n) is 11.8. The van der Waals surface area contributed by atoms with Gasteiger partial charge in [0.05, 0.1) is 18.0 Å². The fraction of sp³-hybridized carbons (Fsp3) is 0.286. The van der Waals surface area contributed by atoms with Crippen molar-refractivity contribution in [2.75, 3.05) is 7.11 Å². The first-order valence-corrected chi connectivity index (χ1v) is 6.09. The van der Waals surface area contributed by atoms with Crippen molar-refractivity contribution in [3.63, 3.8) is 0 Å². The maximum absolute atomic E-state index is 13.7. The fourth-order valence-electron chi connectivity index (χ4n) is 2.04. The first kappa shape index (κ1) is 16.0. The molecule has 4 nitrogen and oxygen atoms in total. The van der Waals surface area contributed by atoms with Crippen molar-refractivity contribution in [2.45, 2.75) is 20.0 Å². The van der Waals surface area contributed by atoms with Crippen LogP contribution in [0.3, 0.4) is 0 Å². The molecule has 0 atom stereocenters. The van der Waals surface area contributed by atoms with Crippen LogP contribution in [0.25, 0.3) is 10.9 Å². The number of aryl methyl sites for hydroxylation is 1. The molecule has 1 heterocycles. The highest BCUT2D eigenvalue weighted by Gasteiger charge is 2.38. The largest absolute Gasteiger partial charge is 0.513 e. The Labute approximate surface area is 122 Å². The number of ether oxygens (including phenoxy) is 2. The Morgan fingerprint density at radius 3 is 2.41 bits per heavy atom. The molecule has 0 spiro atoms. The van der Waals surface area contributed by atoms with Crippen molar-refractivity contribution in [2.24, 2.45) is 0 Å². The molecule has 118 valence electrons. The molecular weight excluding hydrogens is 306 g/mol. The highest BCUT2D eigenvalue weighted by molar-refractivity contribution is 5.92. The lowest BCUT2D eigenvalue weighted by atomic mass is 10.0. The van der Waals surface area contributed by atoms with Crippen molar-refractivity contribution in [1.29, 1.82) is 0 Å². The van der Waals surface area contributed by atoms with E-state index in [4.69, 9.17) is 4.74 Å². The normalized spacial score (nSPS) is 11.6. The van der Waals surface area contributed by atoms with Crippen molar-refractivity contribution < 1.29 is 31.8 Å². The Morgan fingerprint density at radius 1 is 1.23 bits per heavy atom. The number of hydrogen-bond acceptors (Lipinski definition) is 4. The zero-order chi connectivity index (χ0) is 16.7. The number of halogens is 4. The van der Waals surface area contributed by atoms with Crippen LogP contribution in [0.4, 0.5) is 22.4 Å². The van der Waals surface area contributed by atoms with Crippen LogP contribution >= 0.6 is 0 Å². The van der Waals surface area contributed by atoms with Gasteiger partial charge in [-0.25, -0.2) is 9.18 Å². The highest BCUT2D eigenvalue weighted by Crippen LogP contribution is 2.42. The summed E-state index contributed by atoms with van der Waals surface area (Å²) in [5, 5.41) is -0.610. The predicted molar refractivity (Wildman–Crippen MR) is 69.2 cm³/mol. The van der Waals surface area contributed by atoms with Gasteiger partial charge in [-0.3, -0.25) is 4.98 Å². The summed E-state index contributed by atoms with van der Waals surface area (Å²) in [5.41, 5.74) is -1.12. The Kier molecular flexibility index (Phi) is 3.95. The number of rotatable bonds is 1. The molecule has 0 radical (unpaired) electrons. The molecule has 2 rings (SSSR count). The van der Waals surface area contributed by atoms with Crippen LogP contribution in [0.2, 0.25) is 0 Å². The number of benzene rings is 1. The van der Waals surface area contributed by atoms with Crippen LogP contribution in [0.5, 0.6) is 5.75 Å². The summed E-state index contributed by atoms with van der Waals surface area (Å²) in [6, 6.07) is 1.77. The van der Waals surface area contributed by atoms with Crippen molar-refractivity contribution in [3.8, 4) is 5.75 Å². The Morgan fingerprint density at radius 2 is 1.86 bits per heavy atom. The van der Waals surface area contributed by atoms with Crippen LogP contribution < -0.4 is 4.74 Å². The van der Waals surface area contributed by atoms with Gasteiger partial charge in [-0.05, 0) is 26.0 Å². The number of methoxy groups -OCH3 is 1. The van der Waals surface area contributed by atoms with Gasteiger partial charge in [0, 0.05) is 11.3 Å². The molecule has 1 aromatic heterocycles. The zero-order valence-corrected chi connectivity index (χ0v) is 11.8. The quantitative estimate of drug-likeness (QED) is 0.585. The van der Waals surface area contributed by atoms with Gasteiger partial charge in [0.15, 0.2) is 0 Å². The second-order valence-corrected chi connectivity index (χ2v) is 4.52. The lowest BCUT2D eigenvalue weighted by Crippen LogP contribution is -2.14. The molecule has 0 aliphatic carbocycles. The number of carbonyl (C=O) groups excluding carboxylic acids is 1. The Balaban J connectivity index is 2.93. The predicted octanol–water partition coefficient (Wildman–Crippen LogP) is 4.15. The van der Waals surface area contributed by atoms with Crippen LogP contribution in [0, 0.1) is 19.7 Å². The van der Waals surface area contributed by atoms with E-state index in [9.17, 15) is 22.4 Å². The molecule has 0 N–H and O–H groups in total. The number of fused-ring (bicyclic) bond motifs is 1. The highest BCUT2D eigenvalue weighted by atomic mass is 19.4. The minimum atomic E-state index is -4.97. The number of hydrogen-bond donors (Lipinski definition) is 0. The van der Waals surface area contributed by atoms with Crippen LogP contribution in [0.1, 0.15) is 16.8 Å². The summed E-state index contributed by atoms with van der Waals surface area (Å²) < 4.78 is 62.3. The molecule has 0 aliphatic heterocycles. The first-order valence-electron chi connectivity index (χ1n) is 6.09. The van der Waals surface area contributed by atoms with E-state index in [1.54, 1.807) is 0 Å². The summed E-state index contributed by atoms with van der Waals surface area (Å²) in [6.07, 6.45) is -6.17. The van der Waals surface area contributed by atoms with Gasteiger partial charge < -0.3 is 9.47 Å². The molecule has 0 unspecified atom stereocenters. The van der Waals surface area contributed by atoms with E-state index < -0.39 is 34.8 Å². The molecule has 0 fully saturated rings. The van der Waals surface area contributed by atoms with Crippen molar-refractivity contribution in [3.05, 3.63) is 34.8 Å². The molecule has 0 saturated carbocycles. The van der Waals surface area contributed by atoms with Gasteiger partial charge in [0.1, 0.15) is 17.1 Å². The number of alkyl halides is 3. The summed E-state index contributed by atoms with van der Waals surface area (Å²) in [7, 11) is 1.01. The van der Waals surface area contributed by atoms with E-state index >= 15 is 0 Å². The molecule has 8 heteroatoms. The van der Waals surface area contributed by atoms with Crippen LogP contribution in [-0.4, -0.2) is 18.2 Å². The molecule has 0 amide bonds. The third-order valence-corrected chi connectivity index (χ3v) is 3.17. The lowest BCUT2D eigenvalue weighted by molar-refractivity contribution is -0.138. The second kappa shape index (κ2) is 5.43. The Bertz CT molecular complexity index is 756. The number of aromatic nitrogens is 1. The summed E-state index contributed by atoms with van der Waals surface area (Å²) in [5.74, 6) is -1.89. The number of nitrogens with zero attached hydrogens (tertiary/aromatic N) is 1. The molecule has 1 aromatic carbocycles. The third kappa shape index (κ3) is 2.68. The van der Waals surface area contributed by atoms with E-state index in [1.165, 1.54) is 13.8 Å². The molecule has 0 aliphatic rings. The molecular formula is C14H11F4NO3. The fourth-order valence-corrected chi connectivity index (χ4v) is 2.04. The lowest BCUT2D eigenvalue weighted by Gasteiger charge is -2.17. The average Bonchev–Trinajstić information content (AvgIpc) is 2.42. The van der Waals surface area contributed by atoms with E-state index in [0.717, 1.165) is 13.2 Å². The number of pyridine rings is 1. The van der Waals surface area contributed by atoms with Gasteiger partial charge in [-0.2, -0.15) is 13.2 Å².